The first kappa shape index (κ1) is 13.2. The number of benzene rings is 1. The third-order valence-electron chi connectivity index (χ3n) is 2.66. The molecule has 4 heteroatoms. The number of thiazole rings is 1. The van der Waals surface area contributed by atoms with E-state index in [-0.39, 0.29) is 6.10 Å². The summed E-state index contributed by atoms with van der Waals surface area (Å²) >= 11 is 1.69. The summed E-state index contributed by atoms with van der Waals surface area (Å²) in [5, 5.41) is 14.2. The van der Waals surface area contributed by atoms with Gasteiger partial charge in [0, 0.05) is 24.2 Å². The molecule has 96 valence electrons. The summed E-state index contributed by atoms with van der Waals surface area (Å²) in [4.78, 5) is 5.41. The predicted octanol–water partition coefficient (Wildman–Crippen LogP) is 2.14. The SMILES string of the molecule is Cc1ncc(CNCC(O)Cc2ccccc2)s1. The van der Waals surface area contributed by atoms with Crippen molar-refractivity contribution in [3.63, 3.8) is 0 Å². The van der Waals surface area contributed by atoms with Gasteiger partial charge in [0.15, 0.2) is 0 Å². The van der Waals surface area contributed by atoms with E-state index in [0.717, 1.165) is 11.6 Å². The van der Waals surface area contributed by atoms with E-state index >= 15 is 0 Å². The van der Waals surface area contributed by atoms with E-state index in [2.05, 4.69) is 10.3 Å². The van der Waals surface area contributed by atoms with Crippen LogP contribution in [0.1, 0.15) is 15.4 Å². The van der Waals surface area contributed by atoms with Gasteiger partial charge in [0.25, 0.3) is 0 Å². The lowest BCUT2D eigenvalue weighted by atomic mass is 10.1. The van der Waals surface area contributed by atoms with Gasteiger partial charge >= 0.3 is 0 Å². The van der Waals surface area contributed by atoms with Crippen LogP contribution in [-0.4, -0.2) is 22.7 Å². The van der Waals surface area contributed by atoms with E-state index < -0.39 is 0 Å². The number of nitrogens with one attached hydrogen (secondary N) is 1. The maximum Gasteiger partial charge on any atom is 0.0897 e. The Kier molecular flexibility index (Phi) is 4.87. The van der Waals surface area contributed by atoms with Gasteiger partial charge in [-0.2, -0.15) is 0 Å². The molecule has 0 saturated carbocycles. The third-order valence-corrected chi connectivity index (χ3v) is 3.58. The summed E-state index contributed by atoms with van der Waals surface area (Å²) < 4.78 is 0. The van der Waals surface area contributed by atoms with Crippen molar-refractivity contribution in [3.8, 4) is 0 Å². The second kappa shape index (κ2) is 6.64. The Balaban J connectivity index is 1.70. The van der Waals surface area contributed by atoms with Gasteiger partial charge < -0.3 is 10.4 Å². The van der Waals surface area contributed by atoms with Crippen molar-refractivity contribution in [2.75, 3.05) is 6.54 Å². The zero-order chi connectivity index (χ0) is 12.8. The molecule has 1 unspecified atom stereocenters. The van der Waals surface area contributed by atoms with Crippen molar-refractivity contribution in [2.24, 2.45) is 0 Å². The van der Waals surface area contributed by atoms with E-state index in [1.165, 1.54) is 10.4 Å². The second-order valence-corrected chi connectivity index (χ2v) is 5.64. The number of nitrogens with zero attached hydrogens (tertiary/aromatic N) is 1. The number of hydrogen-bond donors (Lipinski definition) is 2. The topological polar surface area (TPSA) is 45.2 Å². The van der Waals surface area contributed by atoms with Gasteiger partial charge in [-0.05, 0) is 18.9 Å². The minimum Gasteiger partial charge on any atom is -0.391 e. The van der Waals surface area contributed by atoms with Crippen molar-refractivity contribution >= 4 is 11.3 Å². The number of aromatic nitrogens is 1. The molecule has 2 aromatic rings. The van der Waals surface area contributed by atoms with Crippen LogP contribution in [0.2, 0.25) is 0 Å². The predicted molar refractivity (Wildman–Crippen MR) is 74.7 cm³/mol. The molecule has 1 aromatic heterocycles. The molecule has 0 saturated heterocycles. The van der Waals surface area contributed by atoms with Gasteiger partial charge in [-0.1, -0.05) is 30.3 Å². The molecular weight excluding hydrogens is 244 g/mol. The molecule has 0 aliphatic carbocycles. The molecule has 0 aliphatic heterocycles. The van der Waals surface area contributed by atoms with Gasteiger partial charge in [-0.3, -0.25) is 0 Å². The Morgan fingerprint density at radius 3 is 2.78 bits per heavy atom. The second-order valence-electron chi connectivity index (χ2n) is 4.32. The monoisotopic (exact) mass is 262 g/mol. The summed E-state index contributed by atoms with van der Waals surface area (Å²) in [6.07, 6.45) is 2.23. The van der Waals surface area contributed by atoms with Crippen LogP contribution in [0.4, 0.5) is 0 Å². The molecule has 2 rings (SSSR count). The van der Waals surface area contributed by atoms with Crippen molar-refractivity contribution in [1.82, 2.24) is 10.3 Å². The quantitative estimate of drug-likeness (QED) is 0.838. The minimum absolute atomic E-state index is 0.346. The molecule has 1 heterocycles. The van der Waals surface area contributed by atoms with Crippen LogP contribution in [-0.2, 0) is 13.0 Å². The first-order chi connectivity index (χ1) is 8.74. The smallest absolute Gasteiger partial charge is 0.0897 e. The average Bonchev–Trinajstić information content (AvgIpc) is 2.76. The molecule has 18 heavy (non-hydrogen) atoms. The lowest BCUT2D eigenvalue weighted by Gasteiger charge is -2.11. The van der Waals surface area contributed by atoms with E-state index in [0.29, 0.717) is 13.0 Å². The van der Waals surface area contributed by atoms with Crippen LogP contribution in [0.3, 0.4) is 0 Å². The maximum absolute atomic E-state index is 9.91. The summed E-state index contributed by atoms with van der Waals surface area (Å²) in [7, 11) is 0. The fraction of sp³-hybridized carbons (Fsp3) is 0.357. The van der Waals surface area contributed by atoms with Crippen LogP contribution < -0.4 is 5.32 Å². The Bertz CT molecular complexity index is 470. The highest BCUT2D eigenvalue weighted by Gasteiger charge is 2.05. The van der Waals surface area contributed by atoms with Gasteiger partial charge in [0.05, 0.1) is 11.1 Å². The molecule has 1 aromatic carbocycles. The highest BCUT2D eigenvalue weighted by Crippen LogP contribution is 2.10. The Morgan fingerprint density at radius 1 is 1.33 bits per heavy atom. The van der Waals surface area contributed by atoms with Crippen molar-refractivity contribution in [3.05, 3.63) is 52.0 Å². The number of aliphatic hydroxyl groups excluding tert-OH is 1. The number of aliphatic hydroxyl groups is 1. The Labute approximate surface area is 112 Å². The molecule has 0 radical (unpaired) electrons. The minimum atomic E-state index is -0.346. The Hall–Kier alpha value is -1.23. The molecule has 2 N–H and O–H groups in total. The molecule has 0 aliphatic rings. The lowest BCUT2D eigenvalue weighted by Crippen LogP contribution is -2.27. The molecule has 3 nitrogen and oxygen atoms in total. The standard InChI is InChI=1S/C14H18N2OS/c1-11-16-10-14(18-11)9-15-8-13(17)7-12-5-3-2-4-6-12/h2-6,10,13,15,17H,7-9H2,1H3. The molecule has 0 bridgehead atoms. The summed E-state index contributed by atoms with van der Waals surface area (Å²) in [6, 6.07) is 10.1. The molecular formula is C14H18N2OS. The lowest BCUT2D eigenvalue weighted by molar-refractivity contribution is 0.171. The first-order valence-corrected chi connectivity index (χ1v) is 6.89. The first-order valence-electron chi connectivity index (χ1n) is 6.08. The van der Waals surface area contributed by atoms with Crippen LogP contribution >= 0.6 is 11.3 Å². The molecule has 0 amide bonds. The van der Waals surface area contributed by atoms with Crippen molar-refractivity contribution < 1.29 is 5.11 Å². The highest BCUT2D eigenvalue weighted by molar-refractivity contribution is 7.11. The maximum atomic E-state index is 9.91. The number of aryl methyl sites for hydroxylation is 1. The van der Waals surface area contributed by atoms with E-state index in [9.17, 15) is 5.11 Å². The normalized spacial score (nSPS) is 12.6. The number of hydrogen-bond acceptors (Lipinski definition) is 4. The van der Waals surface area contributed by atoms with Crippen LogP contribution in [0.15, 0.2) is 36.5 Å². The van der Waals surface area contributed by atoms with Crippen molar-refractivity contribution in [2.45, 2.75) is 26.0 Å². The fourth-order valence-corrected chi connectivity index (χ4v) is 2.57. The molecule has 1 atom stereocenters. The summed E-state index contributed by atoms with van der Waals surface area (Å²) in [5.41, 5.74) is 1.17. The van der Waals surface area contributed by atoms with Crippen LogP contribution in [0.25, 0.3) is 0 Å². The average molecular weight is 262 g/mol. The van der Waals surface area contributed by atoms with Gasteiger partial charge in [0.2, 0.25) is 0 Å². The van der Waals surface area contributed by atoms with Gasteiger partial charge in [-0.25, -0.2) is 4.98 Å². The van der Waals surface area contributed by atoms with Crippen LogP contribution in [0, 0.1) is 6.92 Å². The van der Waals surface area contributed by atoms with Crippen molar-refractivity contribution in [1.29, 1.82) is 0 Å². The fourth-order valence-electron chi connectivity index (χ4n) is 1.81. The van der Waals surface area contributed by atoms with Crippen LogP contribution in [0.5, 0.6) is 0 Å². The highest BCUT2D eigenvalue weighted by atomic mass is 32.1. The molecule has 0 spiro atoms. The van der Waals surface area contributed by atoms with Gasteiger partial charge in [0.1, 0.15) is 0 Å². The number of rotatable bonds is 6. The summed E-state index contributed by atoms with van der Waals surface area (Å²) in [6.45, 7) is 3.38. The van der Waals surface area contributed by atoms with E-state index in [1.807, 2.05) is 43.5 Å². The van der Waals surface area contributed by atoms with E-state index in [1.54, 1.807) is 11.3 Å². The Morgan fingerprint density at radius 2 is 2.11 bits per heavy atom. The van der Waals surface area contributed by atoms with Gasteiger partial charge in [-0.15, -0.1) is 11.3 Å². The zero-order valence-corrected chi connectivity index (χ0v) is 11.3. The summed E-state index contributed by atoms with van der Waals surface area (Å²) in [5.74, 6) is 0. The van der Waals surface area contributed by atoms with E-state index in [4.69, 9.17) is 0 Å². The zero-order valence-electron chi connectivity index (χ0n) is 10.5. The molecule has 0 fully saturated rings. The largest absolute Gasteiger partial charge is 0.391 e. The third kappa shape index (κ3) is 4.22.